The molecule has 0 aliphatic heterocycles. The molecule has 0 unspecified atom stereocenters. The number of fused-ring (bicyclic) bond motifs is 1. The van der Waals surface area contributed by atoms with E-state index in [0.29, 0.717) is 0 Å². The molecule has 1 heterocycles. The van der Waals surface area contributed by atoms with Gasteiger partial charge in [-0.2, -0.15) is 0 Å². The number of aromatic nitrogens is 1. The molecule has 0 N–H and O–H groups in total. The Morgan fingerprint density at radius 2 is 1.71 bits per heavy atom. The van der Waals surface area contributed by atoms with E-state index < -0.39 is 0 Å². The Morgan fingerprint density at radius 3 is 2.42 bits per heavy atom. The van der Waals surface area contributed by atoms with Gasteiger partial charge in [-0.15, -0.1) is 0 Å². The van der Waals surface area contributed by atoms with Crippen molar-refractivity contribution in [2.75, 3.05) is 7.11 Å². The molecule has 0 radical (unpaired) electrons. The predicted molar refractivity (Wildman–Crippen MR) is 98.7 cm³/mol. The Balaban J connectivity index is 1.74. The molecule has 0 spiro atoms. The first-order valence-electron chi connectivity index (χ1n) is 8.66. The van der Waals surface area contributed by atoms with Crippen LogP contribution in [0.1, 0.15) is 28.8 Å². The van der Waals surface area contributed by atoms with Gasteiger partial charge in [0.2, 0.25) is 0 Å². The van der Waals surface area contributed by atoms with E-state index in [-0.39, 0.29) is 0 Å². The largest absolute Gasteiger partial charge is 0.497 e. The van der Waals surface area contributed by atoms with Crippen molar-refractivity contribution in [3.63, 3.8) is 0 Å². The molecule has 3 aromatic rings. The van der Waals surface area contributed by atoms with Crippen molar-refractivity contribution in [3.05, 3.63) is 77.0 Å². The standard InChI is InChI=1S/C22H23NO/c1-16-6-10-18(11-7-16)22-14-19-4-3-5-21(19)23(22)15-17-8-12-20(24-2)13-9-17/h6-14H,3-5,15H2,1-2H3. The zero-order valence-electron chi connectivity index (χ0n) is 14.4. The molecule has 0 atom stereocenters. The number of aryl methyl sites for hydroxylation is 2. The number of methoxy groups -OCH3 is 1. The number of ether oxygens (including phenoxy) is 1. The third-order valence-electron chi connectivity index (χ3n) is 5.01. The van der Waals surface area contributed by atoms with E-state index in [9.17, 15) is 0 Å². The van der Waals surface area contributed by atoms with Crippen LogP contribution in [0.3, 0.4) is 0 Å². The van der Waals surface area contributed by atoms with Crippen molar-refractivity contribution in [3.8, 4) is 17.0 Å². The summed E-state index contributed by atoms with van der Waals surface area (Å²) in [4.78, 5) is 0. The molecule has 1 aliphatic carbocycles. The molecular formula is C22H23NO. The Bertz CT molecular complexity index is 841. The second-order valence-corrected chi connectivity index (χ2v) is 6.66. The van der Waals surface area contributed by atoms with Crippen LogP contribution in [-0.2, 0) is 19.4 Å². The van der Waals surface area contributed by atoms with Gasteiger partial charge in [0, 0.05) is 17.9 Å². The summed E-state index contributed by atoms with van der Waals surface area (Å²) in [7, 11) is 1.71. The monoisotopic (exact) mass is 317 g/mol. The topological polar surface area (TPSA) is 14.2 Å². The fourth-order valence-electron chi connectivity index (χ4n) is 3.66. The molecule has 4 rings (SSSR count). The number of nitrogens with zero attached hydrogens (tertiary/aromatic N) is 1. The Morgan fingerprint density at radius 1 is 0.958 bits per heavy atom. The van der Waals surface area contributed by atoms with Crippen molar-refractivity contribution in [1.82, 2.24) is 4.57 Å². The highest BCUT2D eigenvalue weighted by atomic mass is 16.5. The highest BCUT2D eigenvalue weighted by molar-refractivity contribution is 5.64. The Hall–Kier alpha value is -2.48. The van der Waals surface area contributed by atoms with Crippen molar-refractivity contribution in [2.45, 2.75) is 32.7 Å². The first-order valence-corrected chi connectivity index (χ1v) is 8.66. The van der Waals surface area contributed by atoms with Gasteiger partial charge >= 0.3 is 0 Å². The number of hydrogen-bond donors (Lipinski definition) is 0. The van der Waals surface area contributed by atoms with Gasteiger partial charge in [0.25, 0.3) is 0 Å². The van der Waals surface area contributed by atoms with Crippen LogP contribution in [0.25, 0.3) is 11.3 Å². The summed E-state index contributed by atoms with van der Waals surface area (Å²) in [5.41, 5.74) is 8.31. The van der Waals surface area contributed by atoms with E-state index in [4.69, 9.17) is 4.74 Å². The van der Waals surface area contributed by atoms with Crippen LogP contribution in [-0.4, -0.2) is 11.7 Å². The molecule has 2 heteroatoms. The van der Waals surface area contributed by atoms with Gasteiger partial charge in [-0.1, -0.05) is 42.0 Å². The van der Waals surface area contributed by atoms with Gasteiger partial charge in [0.1, 0.15) is 5.75 Å². The van der Waals surface area contributed by atoms with E-state index >= 15 is 0 Å². The summed E-state index contributed by atoms with van der Waals surface area (Å²) < 4.78 is 7.78. The van der Waals surface area contributed by atoms with Gasteiger partial charge < -0.3 is 9.30 Å². The summed E-state index contributed by atoms with van der Waals surface area (Å²) in [5, 5.41) is 0. The fourth-order valence-corrected chi connectivity index (χ4v) is 3.66. The Labute approximate surface area is 143 Å². The fraction of sp³-hybridized carbons (Fsp3) is 0.273. The lowest BCUT2D eigenvalue weighted by atomic mass is 10.1. The van der Waals surface area contributed by atoms with Crippen LogP contribution in [0, 0.1) is 6.92 Å². The molecule has 0 saturated heterocycles. The molecule has 1 aromatic heterocycles. The second kappa shape index (κ2) is 6.20. The highest BCUT2D eigenvalue weighted by Gasteiger charge is 2.20. The van der Waals surface area contributed by atoms with Gasteiger partial charge in [0.05, 0.1) is 7.11 Å². The smallest absolute Gasteiger partial charge is 0.118 e. The summed E-state index contributed by atoms with van der Waals surface area (Å²) in [6.45, 7) is 3.06. The van der Waals surface area contributed by atoms with E-state index in [1.54, 1.807) is 7.11 Å². The molecule has 0 amide bonds. The molecule has 0 saturated carbocycles. The maximum Gasteiger partial charge on any atom is 0.118 e. The summed E-state index contributed by atoms with van der Waals surface area (Å²) in [5.74, 6) is 0.912. The number of hydrogen-bond acceptors (Lipinski definition) is 1. The summed E-state index contributed by atoms with van der Waals surface area (Å²) in [6, 6.07) is 19.7. The van der Waals surface area contributed by atoms with Crippen LogP contribution >= 0.6 is 0 Å². The maximum absolute atomic E-state index is 5.28. The molecular weight excluding hydrogens is 294 g/mol. The molecule has 2 aromatic carbocycles. The number of benzene rings is 2. The lowest BCUT2D eigenvalue weighted by Gasteiger charge is -2.14. The molecule has 1 aliphatic rings. The van der Waals surface area contributed by atoms with Crippen molar-refractivity contribution < 1.29 is 4.74 Å². The quantitative estimate of drug-likeness (QED) is 0.660. The van der Waals surface area contributed by atoms with Crippen molar-refractivity contribution in [2.24, 2.45) is 0 Å². The molecule has 2 nitrogen and oxygen atoms in total. The third kappa shape index (κ3) is 2.73. The van der Waals surface area contributed by atoms with Gasteiger partial charge in [-0.3, -0.25) is 0 Å². The van der Waals surface area contributed by atoms with E-state index in [1.165, 1.54) is 52.9 Å². The molecule has 122 valence electrons. The average molecular weight is 317 g/mol. The lowest BCUT2D eigenvalue weighted by Crippen LogP contribution is -2.05. The molecule has 0 fully saturated rings. The van der Waals surface area contributed by atoms with E-state index in [2.05, 4.69) is 54.0 Å². The van der Waals surface area contributed by atoms with Crippen LogP contribution < -0.4 is 4.74 Å². The van der Waals surface area contributed by atoms with Crippen molar-refractivity contribution >= 4 is 0 Å². The average Bonchev–Trinajstić information content (AvgIpc) is 3.19. The summed E-state index contributed by atoms with van der Waals surface area (Å²) >= 11 is 0. The van der Waals surface area contributed by atoms with Gasteiger partial charge in [0.15, 0.2) is 0 Å². The lowest BCUT2D eigenvalue weighted by molar-refractivity contribution is 0.414. The highest BCUT2D eigenvalue weighted by Crippen LogP contribution is 2.32. The van der Waals surface area contributed by atoms with Crippen molar-refractivity contribution in [1.29, 1.82) is 0 Å². The minimum absolute atomic E-state index is 0.912. The minimum atomic E-state index is 0.912. The van der Waals surface area contributed by atoms with Crippen LogP contribution in [0.5, 0.6) is 5.75 Å². The predicted octanol–water partition coefficient (Wildman–Crippen LogP) is 5.01. The second-order valence-electron chi connectivity index (χ2n) is 6.66. The van der Waals surface area contributed by atoms with Crippen LogP contribution in [0.2, 0.25) is 0 Å². The van der Waals surface area contributed by atoms with Crippen LogP contribution in [0.15, 0.2) is 54.6 Å². The van der Waals surface area contributed by atoms with E-state index in [1.807, 2.05) is 12.1 Å². The Kier molecular flexibility index (Phi) is 3.89. The zero-order valence-corrected chi connectivity index (χ0v) is 14.4. The summed E-state index contributed by atoms with van der Waals surface area (Å²) in [6.07, 6.45) is 3.68. The van der Waals surface area contributed by atoms with Gasteiger partial charge in [-0.05, 0) is 61.1 Å². The maximum atomic E-state index is 5.28. The zero-order chi connectivity index (χ0) is 16.5. The normalized spacial score (nSPS) is 13.1. The van der Waals surface area contributed by atoms with Gasteiger partial charge in [-0.25, -0.2) is 0 Å². The molecule has 24 heavy (non-hydrogen) atoms. The first-order chi connectivity index (χ1) is 11.7. The SMILES string of the molecule is COc1ccc(Cn2c(-c3ccc(C)cc3)cc3c2CCC3)cc1. The third-order valence-corrected chi connectivity index (χ3v) is 5.01. The van der Waals surface area contributed by atoms with Crippen LogP contribution in [0.4, 0.5) is 0 Å². The minimum Gasteiger partial charge on any atom is -0.497 e. The van der Waals surface area contributed by atoms with E-state index in [0.717, 1.165) is 12.3 Å². The number of rotatable bonds is 4. The molecule has 0 bridgehead atoms. The first kappa shape index (κ1) is 15.1.